The molecule has 0 aliphatic rings. The molecule has 0 heterocycles. The molecule has 100 valence electrons. The molecule has 19 heavy (non-hydrogen) atoms. The van der Waals surface area contributed by atoms with E-state index in [0.29, 0.717) is 0 Å². The van der Waals surface area contributed by atoms with Gasteiger partial charge in [0.05, 0.1) is 0 Å². The molecule has 2 aromatic carbocycles. The number of alkyl halides is 2. The molecule has 2 nitrogen and oxygen atoms in total. The van der Waals surface area contributed by atoms with Crippen LogP contribution in [0.2, 0.25) is 0 Å². The minimum atomic E-state index is -3.11. The molecule has 0 aliphatic carbocycles. The first kappa shape index (κ1) is 13.6. The first-order valence-electron chi connectivity index (χ1n) is 5.86. The Bertz CT molecular complexity index is 516. The van der Waals surface area contributed by atoms with Crippen LogP contribution in [0.5, 0.6) is 0 Å². The summed E-state index contributed by atoms with van der Waals surface area (Å²) in [5.41, 5.74) is -2.39. The van der Waals surface area contributed by atoms with Crippen LogP contribution in [0.25, 0.3) is 0 Å². The normalized spacial score (nSPS) is 16.1. The zero-order chi connectivity index (χ0) is 13.9. The summed E-state index contributed by atoms with van der Waals surface area (Å²) in [4.78, 5) is 0. The van der Waals surface area contributed by atoms with Gasteiger partial charge in [-0.1, -0.05) is 60.7 Å². The lowest BCUT2D eigenvalue weighted by atomic mass is 9.85. The highest BCUT2D eigenvalue weighted by Crippen LogP contribution is 2.39. The van der Waals surface area contributed by atoms with Crippen molar-refractivity contribution in [3.05, 3.63) is 71.8 Å². The lowest BCUT2D eigenvalue weighted by Gasteiger charge is -2.32. The van der Waals surface area contributed by atoms with E-state index in [1.807, 2.05) is 0 Å². The van der Waals surface area contributed by atoms with Crippen LogP contribution in [0.15, 0.2) is 60.7 Å². The van der Waals surface area contributed by atoms with E-state index in [4.69, 9.17) is 0 Å². The Morgan fingerprint density at radius 1 is 0.842 bits per heavy atom. The molecule has 2 N–H and O–H groups in total. The summed E-state index contributed by atoms with van der Waals surface area (Å²) in [6.45, 7) is 0. The van der Waals surface area contributed by atoms with Crippen LogP contribution >= 0.6 is 0 Å². The van der Waals surface area contributed by atoms with Crippen LogP contribution in [-0.2, 0) is 5.60 Å². The van der Waals surface area contributed by atoms with Crippen molar-refractivity contribution in [1.82, 2.24) is 0 Å². The van der Waals surface area contributed by atoms with Crippen molar-refractivity contribution in [2.75, 3.05) is 0 Å². The summed E-state index contributed by atoms with van der Waals surface area (Å²) in [6, 6.07) is 15.4. The average molecular weight is 264 g/mol. The maximum absolute atomic E-state index is 13.3. The number of aliphatic hydroxyl groups is 2. The summed E-state index contributed by atoms with van der Waals surface area (Å²) < 4.78 is 26.6. The van der Waals surface area contributed by atoms with Gasteiger partial charge < -0.3 is 10.2 Å². The predicted molar refractivity (Wildman–Crippen MR) is 67.7 cm³/mol. The fourth-order valence-electron chi connectivity index (χ4n) is 2.00. The third-order valence-corrected chi connectivity index (χ3v) is 3.10. The molecule has 0 radical (unpaired) electrons. The van der Waals surface area contributed by atoms with Gasteiger partial charge in [0.1, 0.15) is 6.10 Å². The van der Waals surface area contributed by atoms with Gasteiger partial charge in [0.2, 0.25) is 0 Å². The molecular weight excluding hydrogens is 250 g/mol. The number of hydrogen-bond acceptors (Lipinski definition) is 2. The van der Waals surface area contributed by atoms with Gasteiger partial charge in [-0.2, -0.15) is 0 Å². The third kappa shape index (κ3) is 2.50. The van der Waals surface area contributed by atoms with Crippen molar-refractivity contribution in [3.8, 4) is 0 Å². The molecule has 0 bridgehead atoms. The number of halogens is 2. The third-order valence-electron chi connectivity index (χ3n) is 3.10. The van der Waals surface area contributed by atoms with Crippen LogP contribution in [-0.4, -0.2) is 16.6 Å². The summed E-state index contributed by atoms with van der Waals surface area (Å²) in [6.07, 6.45) is -4.80. The van der Waals surface area contributed by atoms with Gasteiger partial charge in [-0.05, 0) is 11.1 Å². The van der Waals surface area contributed by atoms with Gasteiger partial charge >= 0.3 is 0 Å². The maximum Gasteiger partial charge on any atom is 0.273 e. The van der Waals surface area contributed by atoms with E-state index in [-0.39, 0.29) is 11.1 Å². The molecule has 0 spiro atoms. The smallest absolute Gasteiger partial charge is 0.273 e. The van der Waals surface area contributed by atoms with Crippen molar-refractivity contribution < 1.29 is 19.0 Å². The van der Waals surface area contributed by atoms with Crippen molar-refractivity contribution in [3.63, 3.8) is 0 Å². The predicted octanol–water partition coefficient (Wildman–Crippen LogP) is 2.87. The van der Waals surface area contributed by atoms with E-state index < -0.39 is 18.1 Å². The Labute approximate surface area is 110 Å². The maximum atomic E-state index is 13.3. The number of aliphatic hydroxyl groups excluding tert-OH is 1. The van der Waals surface area contributed by atoms with Gasteiger partial charge in [0, 0.05) is 0 Å². The standard InChI is InChI=1S/C15H14F2O2/c16-14(17)15(19,12-9-5-2-6-10-12)13(18)11-7-3-1-4-8-11/h1-10,13-14,18-19H/t13-,15+/m1/s1. The second-order valence-corrected chi connectivity index (χ2v) is 4.31. The highest BCUT2D eigenvalue weighted by atomic mass is 19.3. The summed E-state index contributed by atoms with van der Waals surface area (Å²) in [5.74, 6) is 0. The molecule has 2 rings (SSSR count). The van der Waals surface area contributed by atoms with Crippen molar-refractivity contribution in [2.45, 2.75) is 18.1 Å². The second-order valence-electron chi connectivity index (χ2n) is 4.31. The molecule has 0 fully saturated rings. The first-order chi connectivity index (χ1) is 9.06. The molecule has 2 atom stereocenters. The molecule has 0 aromatic heterocycles. The van der Waals surface area contributed by atoms with Crippen LogP contribution in [0.3, 0.4) is 0 Å². The Kier molecular flexibility index (Phi) is 3.93. The van der Waals surface area contributed by atoms with E-state index in [2.05, 4.69) is 0 Å². The molecule has 0 aliphatic heterocycles. The lowest BCUT2D eigenvalue weighted by Crippen LogP contribution is -2.40. The van der Waals surface area contributed by atoms with Crippen molar-refractivity contribution >= 4 is 0 Å². The molecular formula is C15H14F2O2. The zero-order valence-electron chi connectivity index (χ0n) is 10.1. The van der Waals surface area contributed by atoms with E-state index in [0.717, 1.165) is 0 Å². The molecule has 0 amide bonds. The fourth-order valence-corrected chi connectivity index (χ4v) is 2.00. The van der Waals surface area contributed by atoms with Crippen LogP contribution in [0, 0.1) is 0 Å². The minimum absolute atomic E-state index is 0.0126. The largest absolute Gasteiger partial charge is 0.385 e. The summed E-state index contributed by atoms with van der Waals surface area (Å²) >= 11 is 0. The highest BCUT2D eigenvalue weighted by molar-refractivity contribution is 5.30. The Morgan fingerprint density at radius 2 is 1.32 bits per heavy atom. The quantitative estimate of drug-likeness (QED) is 0.891. The van der Waals surface area contributed by atoms with Crippen LogP contribution < -0.4 is 0 Å². The highest BCUT2D eigenvalue weighted by Gasteiger charge is 2.47. The van der Waals surface area contributed by atoms with Gasteiger partial charge in [-0.25, -0.2) is 8.78 Å². The molecule has 2 aromatic rings. The van der Waals surface area contributed by atoms with Crippen molar-refractivity contribution in [1.29, 1.82) is 0 Å². The molecule has 0 unspecified atom stereocenters. The van der Waals surface area contributed by atoms with E-state index in [9.17, 15) is 19.0 Å². The Hall–Kier alpha value is -1.78. The Balaban J connectivity index is 2.46. The van der Waals surface area contributed by atoms with E-state index >= 15 is 0 Å². The van der Waals surface area contributed by atoms with E-state index in [1.165, 1.54) is 24.3 Å². The lowest BCUT2D eigenvalue weighted by molar-refractivity contribution is -0.171. The van der Waals surface area contributed by atoms with Gasteiger partial charge in [0.25, 0.3) is 6.43 Å². The number of hydrogen-bond donors (Lipinski definition) is 2. The zero-order valence-corrected chi connectivity index (χ0v) is 10.1. The average Bonchev–Trinajstić information content (AvgIpc) is 2.47. The second kappa shape index (κ2) is 5.47. The topological polar surface area (TPSA) is 40.5 Å². The van der Waals surface area contributed by atoms with Gasteiger partial charge in [-0.3, -0.25) is 0 Å². The summed E-state index contributed by atoms with van der Waals surface area (Å²) in [7, 11) is 0. The van der Waals surface area contributed by atoms with Crippen LogP contribution in [0.1, 0.15) is 17.2 Å². The molecule has 0 saturated carbocycles. The molecule has 0 saturated heterocycles. The number of rotatable bonds is 4. The molecule has 4 heteroatoms. The first-order valence-corrected chi connectivity index (χ1v) is 5.86. The van der Waals surface area contributed by atoms with Crippen LogP contribution in [0.4, 0.5) is 8.78 Å². The Morgan fingerprint density at radius 3 is 1.79 bits per heavy atom. The fraction of sp³-hybridized carbons (Fsp3) is 0.200. The number of benzene rings is 2. The van der Waals surface area contributed by atoms with Crippen molar-refractivity contribution in [2.24, 2.45) is 0 Å². The van der Waals surface area contributed by atoms with Gasteiger partial charge in [-0.15, -0.1) is 0 Å². The summed E-state index contributed by atoms with van der Waals surface area (Å²) in [5, 5.41) is 20.4. The van der Waals surface area contributed by atoms with Gasteiger partial charge in [0.15, 0.2) is 5.60 Å². The monoisotopic (exact) mass is 264 g/mol. The van der Waals surface area contributed by atoms with E-state index in [1.54, 1.807) is 36.4 Å². The SMILES string of the molecule is O[C@H](c1ccccc1)[C@@](O)(c1ccccc1)C(F)F. The minimum Gasteiger partial charge on any atom is -0.385 e.